The maximum atomic E-state index is 13.4. The van der Waals surface area contributed by atoms with E-state index in [1.165, 1.54) is 56.3 Å². The Labute approximate surface area is 200 Å². The number of carboxylic acids is 1. The SMILES string of the molecule is CC(=O)c1cc2c(=O)c3c(C(=O)O)cccc3oc2c(C(C)=O)c1-c1coc2ccc(O)cc2c1=O. The summed E-state index contributed by atoms with van der Waals surface area (Å²) in [7, 11) is 0. The second kappa shape index (κ2) is 8.02. The van der Waals surface area contributed by atoms with Crippen molar-refractivity contribution < 1.29 is 33.4 Å². The molecule has 5 aromatic rings. The first-order chi connectivity index (χ1) is 17.1. The van der Waals surface area contributed by atoms with E-state index in [2.05, 4.69) is 0 Å². The number of hydrogen-bond donors (Lipinski definition) is 2. The average Bonchev–Trinajstić information content (AvgIpc) is 2.83. The summed E-state index contributed by atoms with van der Waals surface area (Å²) < 4.78 is 11.4. The van der Waals surface area contributed by atoms with Crippen LogP contribution in [0.15, 0.2) is 67.2 Å². The first-order valence-electron chi connectivity index (χ1n) is 10.7. The third-order valence-electron chi connectivity index (χ3n) is 5.98. The first-order valence-corrected chi connectivity index (χ1v) is 10.7. The van der Waals surface area contributed by atoms with Crippen LogP contribution in [0.1, 0.15) is 44.9 Å². The zero-order valence-electron chi connectivity index (χ0n) is 18.9. The molecule has 0 amide bonds. The lowest BCUT2D eigenvalue weighted by atomic mass is 9.88. The normalized spacial score (nSPS) is 11.3. The summed E-state index contributed by atoms with van der Waals surface area (Å²) in [5.74, 6) is -2.70. The molecule has 0 radical (unpaired) electrons. The van der Waals surface area contributed by atoms with Gasteiger partial charge in [0.15, 0.2) is 11.6 Å². The summed E-state index contributed by atoms with van der Waals surface area (Å²) in [6, 6.07) is 9.16. The van der Waals surface area contributed by atoms with Crippen molar-refractivity contribution in [2.45, 2.75) is 13.8 Å². The van der Waals surface area contributed by atoms with Crippen LogP contribution in [-0.2, 0) is 0 Å². The topological polar surface area (TPSA) is 152 Å². The highest BCUT2D eigenvalue weighted by Gasteiger charge is 2.27. The van der Waals surface area contributed by atoms with E-state index in [1.54, 1.807) is 0 Å². The second-order valence-corrected chi connectivity index (χ2v) is 8.24. The van der Waals surface area contributed by atoms with Crippen molar-refractivity contribution >= 4 is 50.4 Å². The molecule has 5 rings (SSSR count). The summed E-state index contributed by atoms with van der Waals surface area (Å²) in [6.07, 6.45) is 1.10. The number of phenols is 1. The summed E-state index contributed by atoms with van der Waals surface area (Å²) >= 11 is 0. The molecule has 3 aromatic carbocycles. The van der Waals surface area contributed by atoms with E-state index in [1.807, 2.05) is 0 Å². The molecule has 9 heteroatoms. The number of fused-ring (bicyclic) bond motifs is 3. The number of hydrogen-bond acceptors (Lipinski definition) is 8. The van der Waals surface area contributed by atoms with Gasteiger partial charge in [0.2, 0.25) is 10.9 Å². The fourth-order valence-corrected chi connectivity index (χ4v) is 4.40. The van der Waals surface area contributed by atoms with Crippen LogP contribution >= 0.6 is 0 Å². The van der Waals surface area contributed by atoms with Crippen molar-refractivity contribution in [2.24, 2.45) is 0 Å². The third-order valence-corrected chi connectivity index (χ3v) is 5.98. The van der Waals surface area contributed by atoms with E-state index in [9.17, 15) is 34.2 Å². The van der Waals surface area contributed by atoms with Crippen molar-refractivity contribution in [1.82, 2.24) is 0 Å². The van der Waals surface area contributed by atoms with E-state index in [4.69, 9.17) is 8.83 Å². The summed E-state index contributed by atoms with van der Waals surface area (Å²) in [6.45, 7) is 2.39. The van der Waals surface area contributed by atoms with Gasteiger partial charge in [-0.1, -0.05) is 6.07 Å². The molecule has 0 aliphatic heterocycles. The number of rotatable bonds is 4. The molecule has 0 saturated carbocycles. The van der Waals surface area contributed by atoms with Gasteiger partial charge in [-0.05, 0) is 50.2 Å². The molecule has 0 saturated heterocycles. The van der Waals surface area contributed by atoms with E-state index < -0.39 is 28.4 Å². The lowest BCUT2D eigenvalue weighted by Crippen LogP contribution is -2.15. The molecular weight excluding hydrogens is 468 g/mol. The molecule has 0 aliphatic rings. The van der Waals surface area contributed by atoms with Gasteiger partial charge in [-0.2, -0.15) is 0 Å². The fourth-order valence-electron chi connectivity index (χ4n) is 4.40. The van der Waals surface area contributed by atoms with E-state index >= 15 is 0 Å². The lowest BCUT2D eigenvalue weighted by Gasteiger charge is -2.15. The van der Waals surface area contributed by atoms with Crippen molar-refractivity contribution in [3.63, 3.8) is 0 Å². The summed E-state index contributed by atoms with van der Waals surface area (Å²) in [4.78, 5) is 64.2. The van der Waals surface area contributed by atoms with Crippen LogP contribution in [0.4, 0.5) is 0 Å². The van der Waals surface area contributed by atoms with Crippen molar-refractivity contribution in [3.05, 3.63) is 85.9 Å². The quantitative estimate of drug-likeness (QED) is 0.277. The highest BCUT2D eigenvalue weighted by atomic mass is 16.4. The van der Waals surface area contributed by atoms with Gasteiger partial charge < -0.3 is 19.0 Å². The van der Waals surface area contributed by atoms with E-state index in [0.717, 1.165) is 6.26 Å². The summed E-state index contributed by atoms with van der Waals surface area (Å²) in [5.41, 5.74) is -2.31. The van der Waals surface area contributed by atoms with Crippen LogP contribution in [-0.4, -0.2) is 27.7 Å². The minimum Gasteiger partial charge on any atom is -0.508 e. The average molecular weight is 484 g/mol. The largest absolute Gasteiger partial charge is 0.508 e. The number of carboxylic acid groups (broad SMARTS) is 1. The van der Waals surface area contributed by atoms with Crippen molar-refractivity contribution in [3.8, 4) is 16.9 Å². The van der Waals surface area contributed by atoms with E-state index in [-0.39, 0.29) is 66.5 Å². The molecule has 0 spiro atoms. The van der Waals surface area contributed by atoms with Gasteiger partial charge in [0.25, 0.3) is 0 Å². The van der Waals surface area contributed by atoms with Gasteiger partial charge in [0.1, 0.15) is 28.8 Å². The van der Waals surface area contributed by atoms with Crippen LogP contribution < -0.4 is 10.9 Å². The molecule has 0 aliphatic carbocycles. The molecule has 2 aromatic heterocycles. The number of benzene rings is 3. The minimum absolute atomic E-state index is 0.0164. The molecule has 0 fully saturated rings. The van der Waals surface area contributed by atoms with Crippen LogP contribution in [0.3, 0.4) is 0 Å². The highest BCUT2D eigenvalue weighted by Crippen LogP contribution is 2.35. The highest BCUT2D eigenvalue weighted by molar-refractivity contribution is 6.18. The predicted molar refractivity (Wildman–Crippen MR) is 130 cm³/mol. The van der Waals surface area contributed by atoms with Gasteiger partial charge in [-0.25, -0.2) is 4.79 Å². The number of aromatic hydroxyl groups is 1. The van der Waals surface area contributed by atoms with Crippen LogP contribution in [0.25, 0.3) is 44.0 Å². The van der Waals surface area contributed by atoms with Crippen LogP contribution in [0, 0.1) is 0 Å². The second-order valence-electron chi connectivity index (χ2n) is 8.24. The predicted octanol–water partition coefficient (Wildman–Crippen LogP) is 4.53. The van der Waals surface area contributed by atoms with Crippen molar-refractivity contribution in [2.75, 3.05) is 0 Å². The molecule has 2 heterocycles. The smallest absolute Gasteiger partial charge is 0.336 e. The number of carbonyl (C=O) groups excluding carboxylic acids is 2. The first kappa shape index (κ1) is 22.7. The maximum Gasteiger partial charge on any atom is 0.336 e. The van der Waals surface area contributed by atoms with E-state index in [0.29, 0.717) is 0 Å². The molecule has 36 heavy (non-hydrogen) atoms. The molecule has 0 bridgehead atoms. The Bertz CT molecular complexity index is 1920. The number of phenolic OH excluding ortho intramolecular Hbond substituents is 1. The Morgan fingerprint density at radius 2 is 1.58 bits per heavy atom. The van der Waals surface area contributed by atoms with Crippen LogP contribution in [0.2, 0.25) is 0 Å². The number of carbonyl (C=O) groups is 3. The number of Topliss-reactive ketones (excluding diaryl/α,β-unsaturated/α-hetero) is 2. The molecule has 178 valence electrons. The van der Waals surface area contributed by atoms with Crippen LogP contribution in [0.5, 0.6) is 5.75 Å². The van der Waals surface area contributed by atoms with Gasteiger partial charge in [0, 0.05) is 11.1 Å². The molecule has 0 unspecified atom stereocenters. The number of aromatic carboxylic acids is 1. The Morgan fingerprint density at radius 1 is 0.833 bits per heavy atom. The standard InChI is InChI=1S/C27H16O9/c1-11(28)15-9-17-25(32)23-14(27(33)34)4-3-5-20(23)36-26(17)21(12(2)29)22(15)18-10-35-19-7-6-13(30)8-16(19)24(18)31/h3-10,30H,1-2H3,(H,33,34). The maximum absolute atomic E-state index is 13.4. The lowest BCUT2D eigenvalue weighted by molar-refractivity contribution is 0.0698. The number of ketones is 2. The van der Waals surface area contributed by atoms with Gasteiger partial charge in [-0.15, -0.1) is 0 Å². The Morgan fingerprint density at radius 3 is 2.25 bits per heavy atom. The molecular formula is C27H16O9. The molecule has 2 N–H and O–H groups in total. The minimum atomic E-state index is -1.35. The van der Waals surface area contributed by atoms with Gasteiger partial charge >= 0.3 is 5.97 Å². The summed E-state index contributed by atoms with van der Waals surface area (Å²) in [5, 5.41) is 19.0. The molecule has 0 atom stereocenters. The Balaban J connectivity index is 2.02. The van der Waals surface area contributed by atoms with Gasteiger partial charge in [0.05, 0.1) is 32.8 Å². The zero-order chi connectivity index (χ0) is 25.9. The fraction of sp³-hybridized carbons (Fsp3) is 0.0741. The Kier molecular flexibility index (Phi) is 5.06. The zero-order valence-corrected chi connectivity index (χ0v) is 18.9. The molecule has 9 nitrogen and oxygen atoms in total. The third kappa shape index (κ3) is 3.29. The van der Waals surface area contributed by atoms with Crippen molar-refractivity contribution in [1.29, 1.82) is 0 Å². The van der Waals surface area contributed by atoms with Gasteiger partial charge in [-0.3, -0.25) is 19.2 Å². The monoisotopic (exact) mass is 484 g/mol. The Hall–Kier alpha value is -5.05.